The number of thioether (sulfide) groups is 1. The largest absolute Gasteiger partial charge is 0.454 e. The highest BCUT2D eigenvalue weighted by molar-refractivity contribution is 14.1. The second kappa shape index (κ2) is 8.07. The maximum atomic E-state index is 14.3. The van der Waals surface area contributed by atoms with E-state index in [2.05, 4.69) is 22.9 Å². The molecule has 1 aliphatic carbocycles. The van der Waals surface area contributed by atoms with E-state index in [9.17, 15) is 13.6 Å². The first-order chi connectivity index (χ1) is 15.2. The fourth-order valence-corrected chi connectivity index (χ4v) is 5.53. The molecule has 0 unspecified atom stereocenters. The summed E-state index contributed by atoms with van der Waals surface area (Å²) in [6.45, 7) is 0. The van der Waals surface area contributed by atoms with E-state index in [1.807, 2.05) is 24.4 Å². The first kappa shape index (κ1) is 21.8. The predicted octanol–water partition coefficient (Wildman–Crippen LogP) is 7.10. The van der Waals surface area contributed by atoms with Crippen LogP contribution in [0, 0.1) is 11.6 Å². The van der Waals surface area contributed by atoms with Gasteiger partial charge in [-0.05, 0) is 49.2 Å². The van der Waals surface area contributed by atoms with Crippen LogP contribution in [0.2, 0.25) is 0 Å². The van der Waals surface area contributed by atoms with Crippen molar-refractivity contribution >= 4 is 57.1 Å². The van der Waals surface area contributed by atoms with Crippen LogP contribution in [0.3, 0.4) is 0 Å². The minimum absolute atomic E-state index is 0.0865. The number of rotatable bonds is 5. The van der Waals surface area contributed by atoms with Crippen LogP contribution in [0.15, 0.2) is 64.5 Å². The number of benzene rings is 2. The van der Waals surface area contributed by atoms with Crippen molar-refractivity contribution in [1.82, 2.24) is 7.35 Å². The fourth-order valence-electron chi connectivity index (χ4n) is 3.50. The van der Waals surface area contributed by atoms with Crippen LogP contribution < -0.4 is 10.3 Å². The van der Waals surface area contributed by atoms with Gasteiger partial charge in [0.15, 0.2) is 11.6 Å². The van der Waals surface area contributed by atoms with Crippen molar-refractivity contribution < 1.29 is 13.5 Å². The number of aryl methyl sites for hydroxylation is 1. The van der Waals surface area contributed by atoms with Crippen LogP contribution in [-0.4, -0.2) is 11.6 Å². The van der Waals surface area contributed by atoms with Crippen LogP contribution in [-0.2, 0) is 7.05 Å². The third-order valence-corrected chi connectivity index (χ3v) is 7.95. The van der Waals surface area contributed by atoms with E-state index < -0.39 is 11.6 Å². The average molecular weight is 585 g/mol. The van der Waals surface area contributed by atoms with Crippen LogP contribution in [0.25, 0.3) is 22.0 Å². The quantitative estimate of drug-likeness (QED) is 0.186. The molecule has 2 heterocycles. The van der Waals surface area contributed by atoms with Gasteiger partial charge >= 0.3 is 0 Å². The Balaban J connectivity index is 1.70. The Morgan fingerprint density at radius 2 is 1.84 bits per heavy atom. The van der Waals surface area contributed by atoms with E-state index in [0.717, 1.165) is 40.8 Å². The van der Waals surface area contributed by atoms with Crippen LogP contribution in [0.4, 0.5) is 8.78 Å². The molecule has 0 amide bonds. The molecule has 1 aliphatic rings. The summed E-state index contributed by atoms with van der Waals surface area (Å²) in [6.07, 6.45) is 5.41. The summed E-state index contributed by atoms with van der Waals surface area (Å²) < 4.78 is 36.5. The molecule has 32 heavy (non-hydrogen) atoms. The number of ether oxygens (including phenoxy) is 1. The second-order valence-corrected chi connectivity index (χ2v) is 11.1. The first-order valence-electron chi connectivity index (χ1n) is 9.76. The van der Waals surface area contributed by atoms with E-state index in [0.29, 0.717) is 16.8 Å². The maximum absolute atomic E-state index is 14.3. The van der Waals surface area contributed by atoms with Crippen LogP contribution in [0.1, 0.15) is 12.8 Å². The molecule has 2 aromatic heterocycles. The maximum Gasteiger partial charge on any atom is 0.275 e. The molecule has 1 fully saturated rings. The molecule has 164 valence electrons. The van der Waals surface area contributed by atoms with Gasteiger partial charge in [-0.3, -0.25) is 7.58 Å². The van der Waals surface area contributed by atoms with Gasteiger partial charge in [0.2, 0.25) is 0 Å². The second-order valence-electron chi connectivity index (χ2n) is 7.67. The molecule has 0 spiro atoms. The lowest BCUT2D eigenvalue weighted by molar-refractivity contribution is 0.439. The predicted molar refractivity (Wildman–Crippen MR) is 132 cm³/mol. The van der Waals surface area contributed by atoms with Gasteiger partial charge in [0.05, 0.1) is 27.1 Å². The number of alkyl halides is 1. The number of aromatic nitrogens is 2. The summed E-state index contributed by atoms with van der Waals surface area (Å²) in [5.74, 6) is -1.17. The molecule has 0 aliphatic heterocycles. The highest BCUT2D eigenvalue weighted by atomic mass is 127. The third-order valence-electron chi connectivity index (χ3n) is 5.28. The van der Waals surface area contributed by atoms with Gasteiger partial charge in [0.1, 0.15) is 17.1 Å². The summed E-state index contributed by atoms with van der Waals surface area (Å²) in [5, 5.41) is 0.751. The minimum Gasteiger partial charge on any atom is -0.454 e. The average Bonchev–Trinajstić information content (AvgIpc) is 3.34. The van der Waals surface area contributed by atoms with Crippen molar-refractivity contribution in [1.29, 1.82) is 0 Å². The van der Waals surface area contributed by atoms with Crippen molar-refractivity contribution in [3.8, 4) is 22.6 Å². The zero-order chi connectivity index (χ0) is 22.6. The Bertz CT molecular complexity index is 1430. The molecular weight excluding hydrogens is 569 g/mol. The molecule has 5 rings (SSSR count). The fraction of sp³-hybridized carbons (Fsp3) is 0.174. The molecule has 0 saturated heterocycles. The number of halogens is 4. The molecule has 1 saturated carbocycles. The highest BCUT2D eigenvalue weighted by Gasteiger charge is 2.41. The lowest BCUT2D eigenvalue weighted by Crippen LogP contribution is -2.17. The Kier molecular flexibility index (Phi) is 5.50. The van der Waals surface area contributed by atoms with Crippen molar-refractivity contribution in [3.63, 3.8) is 0 Å². The zero-order valence-corrected chi connectivity index (χ0v) is 20.5. The van der Waals surface area contributed by atoms with E-state index in [-0.39, 0.29) is 15.5 Å². The molecule has 0 radical (unpaired) electrons. The highest BCUT2D eigenvalue weighted by Crippen LogP contribution is 2.55. The summed E-state index contributed by atoms with van der Waals surface area (Å²) in [4.78, 5) is 13.6. The van der Waals surface area contributed by atoms with Gasteiger partial charge in [-0.25, -0.2) is 8.78 Å². The van der Waals surface area contributed by atoms with Gasteiger partial charge in [0.25, 0.3) is 5.56 Å². The Morgan fingerprint density at radius 3 is 2.56 bits per heavy atom. The summed E-state index contributed by atoms with van der Waals surface area (Å²) in [7, 11) is 1.69. The monoisotopic (exact) mass is 584 g/mol. The van der Waals surface area contributed by atoms with E-state index in [1.54, 1.807) is 33.9 Å². The molecule has 0 bridgehead atoms. The molecule has 2 aromatic carbocycles. The summed E-state index contributed by atoms with van der Waals surface area (Å²) >= 11 is 10.2. The minimum atomic E-state index is -0.795. The number of hydrogen-bond donors (Lipinski definition) is 0. The van der Waals surface area contributed by atoms with Gasteiger partial charge in [-0.15, -0.1) is 23.4 Å². The number of fused-ring (bicyclic) bond motifs is 1. The molecule has 4 aromatic rings. The van der Waals surface area contributed by atoms with Crippen molar-refractivity contribution in [2.24, 2.45) is 7.05 Å². The molecule has 4 nitrogen and oxygen atoms in total. The Hall–Kier alpha value is -2.04. The van der Waals surface area contributed by atoms with Gasteiger partial charge < -0.3 is 9.30 Å². The van der Waals surface area contributed by atoms with Crippen molar-refractivity contribution in [2.75, 3.05) is 0 Å². The van der Waals surface area contributed by atoms with Crippen molar-refractivity contribution in [2.45, 2.75) is 21.9 Å². The topological polar surface area (TPSA) is 36.2 Å². The Labute approximate surface area is 205 Å². The smallest absolute Gasteiger partial charge is 0.275 e. The first-order valence-corrected chi connectivity index (χ1v) is 11.9. The van der Waals surface area contributed by atoms with E-state index in [1.165, 1.54) is 10.6 Å². The van der Waals surface area contributed by atoms with E-state index in [4.69, 9.17) is 16.3 Å². The van der Waals surface area contributed by atoms with Crippen molar-refractivity contribution in [3.05, 3.63) is 76.8 Å². The van der Waals surface area contributed by atoms with Crippen LogP contribution >= 0.6 is 46.2 Å². The van der Waals surface area contributed by atoms with Gasteiger partial charge in [-0.1, -0.05) is 0 Å². The molecular formula is C23H16ClF2IN2O2S. The zero-order valence-electron chi connectivity index (χ0n) is 16.7. The van der Waals surface area contributed by atoms with Gasteiger partial charge in [-0.2, -0.15) is 0 Å². The number of pyridine rings is 1. The van der Waals surface area contributed by atoms with Gasteiger partial charge in [0, 0.05) is 46.9 Å². The lowest BCUT2D eigenvalue weighted by atomic mass is 10.0. The molecule has 9 heteroatoms. The SMILES string of the molecule is Cn1cc(-c2cc(SC3(Cl)CC3)ccc2Oc2ccc(F)cc2F)c2ccn(I)c2c1=O. The standard InChI is InChI=1S/C23H16ClF2IN2O2S/c1-28-12-17(15-6-9-29(27)21(15)22(28)30)16-11-14(32-23(24)7-8-23)3-5-19(16)31-20-4-2-13(25)10-18(20)26/h2-6,9-12H,7-8H2,1H3. The third kappa shape index (κ3) is 4.04. The van der Waals surface area contributed by atoms with Crippen LogP contribution in [0.5, 0.6) is 11.5 Å². The lowest BCUT2D eigenvalue weighted by Gasteiger charge is -2.16. The molecule has 0 atom stereocenters. The number of nitrogens with zero attached hydrogens (tertiary/aromatic N) is 2. The molecule has 0 N–H and O–H groups in total. The Morgan fingerprint density at radius 1 is 1.09 bits per heavy atom. The number of hydrogen-bond acceptors (Lipinski definition) is 3. The normalized spacial score (nSPS) is 14.7. The van der Waals surface area contributed by atoms with E-state index >= 15 is 0 Å². The summed E-state index contributed by atoms with van der Waals surface area (Å²) in [5.41, 5.74) is 1.86. The summed E-state index contributed by atoms with van der Waals surface area (Å²) in [6, 6.07) is 10.6.